The van der Waals surface area contributed by atoms with E-state index >= 15 is 0 Å². The second-order valence-corrected chi connectivity index (χ2v) is 8.63. The number of piperidine rings is 1. The average molecular weight is 435 g/mol. The number of aromatic nitrogens is 1. The van der Waals surface area contributed by atoms with E-state index in [1.165, 1.54) is 12.8 Å². The summed E-state index contributed by atoms with van der Waals surface area (Å²) in [7, 11) is 0. The van der Waals surface area contributed by atoms with Crippen LogP contribution in [-0.4, -0.2) is 65.4 Å². The maximum absolute atomic E-state index is 12.9. The summed E-state index contributed by atoms with van der Waals surface area (Å²) in [6.45, 7) is 4.20. The Labute approximate surface area is 170 Å². The number of hydrogen-bond donors (Lipinski definition) is 2. The molecular weight excluding hydrogens is 411 g/mol. The molecule has 4 rings (SSSR count). The van der Waals surface area contributed by atoms with Crippen LogP contribution in [0.5, 0.6) is 0 Å². The maximum atomic E-state index is 12.9. The topological polar surface area (TPSA) is 91.8 Å². The third-order valence-corrected chi connectivity index (χ3v) is 6.25. The van der Waals surface area contributed by atoms with Crippen molar-refractivity contribution in [1.82, 2.24) is 15.2 Å². The van der Waals surface area contributed by atoms with Gasteiger partial charge in [-0.2, -0.15) is 13.2 Å². The quantitative estimate of drug-likeness (QED) is 0.738. The van der Waals surface area contributed by atoms with Crippen LogP contribution < -0.4 is 5.32 Å². The highest BCUT2D eigenvalue weighted by atomic mass is 32.1. The van der Waals surface area contributed by atoms with Crippen LogP contribution in [0.15, 0.2) is 11.6 Å². The SMILES string of the molecule is O=C(NCC1CC1)[C@@]12CCO[C@@H]1CCN(Cc1nccs1)C2.O=C(O)C(F)(F)F. The molecule has 0 aromatic carbocycles. The normalized spacial score (nSPS) is 26.9. The van der Waals surface area contributed by atoms with Crippen LogP contribution in [0, 0.1) is 11.3 Å². The van der Waals surface area contributed by atoms with E-state index in [0.29, 0.717) is 6.61 Å². The number of carbonyl (C=O) groups excluding carboxylic acids is 1. The van der Waals surface area contributed by atoms with E-state index in [9.17, 15) is 18.0 Å². The molecule has 2 saturated heterocycles. The van der Waals surface area contributed by atoms with Gasteiger partial charge in [0, 0.05) is 37.8 Å². The number of nitrogens with one attached hydrogen (secondary N) is 1. The van der Waals surface area contributed by atoms with Gasteiger partial charge in [-0.05, 0) is 31.6 Å². The van der Waals surface area contributed by atoms with Gasteiger partial charge in [0.2, 0.25) is 5.91 Å². The standard InChI is InChI=1S/C16H23N3O2S.C2HF3O2/c20-15(18-9-12-1-2-12)16-4-7-21-13(16)3-6-19(11-16)10-14-17-5-8-22-14;3-2(4,5)1(6)7/h5,8,12-13H,1-4,6-7,9-11H2,(H,18,20);(H,6,7)/t13-,16-;/m1./s1. The number of nitrogens with zero attached hydrogens (tertiary/aromatic N) is 2. The van der Waals surface area contributed by atoms with Crippen LogP contribution in [0.3, 0.4) is 0 Å². The van der Waals surface area contributed by atoms with Gasteiger partial charge in [-0.1, -0.05) is 0 Å². The summed E-state index contributed by atoms with van der Waals surface area (Å²) in [6.07, 6.45) is 1.19. The van der Waals surface area contributed by atoms with Gasteiger partial charge in [0.05, 0.1) is 18.1 Å². The number of fused-ring (bicyclic) bond motifs is 1. The van der Waals surface area contributed by atoms with Crippen molar-refractivity contribution in [3.63, 3.8) is 0 Å². The molecule has 1 aliphatic carbocycles. The molecule has 162 valence electrons. The number of carboxylic acid groups (broad SMARTS) is 1. The van der Waals surface area contributed by atoms with E-state index in [4.69, 9.17) is 14.6 Å². The van der Waals surface area contributed by atoms with Crippen molar-refractivity contribution < 1.29 is 32.6 Å². The fraction of sp³-hybridized carbons (Fsp3) is 0.722. The number of amides is 1. The molecule has 0 unspecified atom stereocenters. The zero-order valence-electron chi connectivity index (χ0n) is 15.8. The summed E-state index contributed by atoms with van der Waals surface area (Å²) in [4.78, 5) is 28.5. The van der Waals surface area contributed by atoms with E-state index in [1.54, 1.807) is 11.3 Å². The molecular formula is C18H24F3N3O4S. The number of alkyl halides is 3. The summed E-state index contributed by atoms with van der Waals surface area (Å²) in [6, 6.07) is 0. The average Bonchev–Trinajstić information content (AvgIpc) is 3.16. The van der Waals surface area contributed by atoms with Crippen molar-refractivity contribution in [1.29, 1.82) is 0 Å². The van der Waals surface area contributed by atoms with Crippen LogP contribution in [-0.2, 0) is 20.9 Å². The van der Waals surface area contributed by atoms with E-state index in [0.717, 1.165) is 49.9 Å². The van der Waals surface area contributed by atoms with Gasteiger partial charge in [0.25, 0.3) is 0 Å². The lowest BCUT2D eigenvalue weighted by Gasteiger charge is -2.42. The second kappa shape index (κ2) is 8.97. The Kier molecular flexibility index (Phi) is 6.79. The third-order valence-electron chi connectivity index (χ3n) is 5.48. The first-order chi connectivity index (χ1) is 13.7. The Bertz CT molecular complexity index is 712. The van der Waals surface area contributed by atoms with Gasteiger partial charge in [-0.15, -0.1) is 11.3 Å². The number of aliphatic carboxylic acids is 1. The Morgan fingerprint density at radius 2 is 2.10 bits per heavy atom. The van der Waals surface area contributed by atoms with Gasteiger partial charge in [-0.3, -0.25) is 9.69 Å². The molecule has 3 fully saturated rings. The lowest BCUT2D eigenvalue weighted by molar-refractivity contribution is -0.192. The lowest BCUT2D eigenvalue weighted by atomic mass is 9.75. The third kappa shape index (κ3) is 5.67. The first-order valence-electron chi connectivity index (χ1n) is 9.51. The van der Waals surface area contributed by atoms with Crippen LogP contribution in [0.1, 0.15) is 30.7 Å². The minimum absolute atomic E-state index is 0.0965. The molecule has 0 spiro atoms. The van der Waals surface area contributed by atoms with E-state index in [2.05, 4.69) is 15.2 Å². The number of carboxylic acids is 1. The largest absolute Gasteiger partial charge is 0.490 e. The van der Waals surface area contributed by atoms with Crippen LogP contribution >= 0.6 is 11.3 Å². The Morgan fingerprint density at radius 1 is 1.38 bits per heavy atom. The summed E-state index contributed by atoms with van der Waals surface area (Å²) < 4.78 is 37.6. The fourth-order valence-corrected chi connectivity index (χ4v) is 4.40. The van der Waals surface area contributed by atoms with Crippen molar-refractivity contribution in [2.75, 3.05) is 26.2 Å². The van der Waals surface area contributed by atoms with Gasteiger partial charge >= 0.3 is 12.1 Å². The van der Waals surface area contributed by atoms with Gasteiger partial charge < -0.3 is 15.2 Å². The number of thiazole rings is 1. The lowest BCUT2D eigenvalue weighted by Crippen LogP contribution is -2.57. The number of carbonyl (C=O) groups is 2. The highest BCUT2D eigenvalue weighted by molar-refractivity contribution is 7.09. The molecule has 7 nitrogen and oxygen atoms in total. The predicted molar refractivity (Wildman–Crippen MR) is 98.2 cm³/mol. The summed E-state index contributed by atoms with van der Waals surface area (Å²) in [5, 5.41) is 13.5. The van der Waals surface area contributed by atoms with E-state index in [-0.39, 0.29) is 17.4 Å². The molecule has 1 aromatic heterocycles. The first kappa shape index (κ1) is 22.0. The van der Waals surface area contributed by atoms with Crippen molar-refractivity contribution in [2.45, 2.75) is 44.5 Å². The van der Waals surface area contributed by atoms with Gasteiger partial charge in [0.15, 0.2) is 0 Å². The highest BCUT2D eigenvalue weighted by Crippen LogP contribution is 2.42. The minimum atomic E-state index is -5.08. The highest BCUT2D eigenvalue weighted by Gasteiger charge is 2.53. The predicted octanol–water partition coefficient (Wildman–Crippen LogP) is 2.28. The number of halogens is 3. The van der Waals surface area contributed by atoms with Crippen molar-refractivity contribution >= 4 is 23.2 Å². The molecule has 2 atom stereocenters. The zero-order chi connectivity index (χ0) is 21.1. The molecule has 3 heterocycles. The number of hydrogen-bond acceptors (Lipinski definition) is 6. The Hall–Kier alpha value is -1.72. The molecule has 1 amide bonds. The summed E-state index contributed by atoms with van der Waals surface area (Å²) >= 11 is 1.69. The van der Waals surface area contributed by atoms with Crippen molar-refractivity contribution in [3.8, 4) is 0 Å². The molecule has 3 aliphatic rings. The van der Waals surface area contributed by atoms with Crippen molar-refractivity contribution in [2.24, 2.45) is 11.3 Å². The molecule has 2 aliphatic heterocycles. The fourth-order valence-electron chi connectivity index (χ4n) is 3.75. The van der Waals surface area contributed by atoms with E-state index < -0.39 is 12.1 Å². The van der Waals surface area contributed by atoms with Gasteiger partial charge in [0.1, 0.15) is 5.01 Å². The van der Waals surface area contributed by atoms with Crippen LogP contribution in [0.4, 0.5) is 13.2 Å². The van der Waals surface area contributed by atoms with Gasteiger partial charge in [-0.25, -0.2) is 9.78 Å². The number of likely N-dealkylation sites (tertiary alicyclic amines) is 1. The van der Waals surface area contributed by atoms with E-state index in [1.807, 2.05) is 11.6 Å². The molecule has 0 bridgehead atoms. The van der Waals surface area contributed by atoms with Crippen LogP contribution in [0.25, 0.3) is 0 Å². The molecule has 1 saturated carbocycles. The Balaban J connectivity index is 0.000000298. The number of ether oxygens (including phenoxy) is 1. The smallest absolute Gasteiger partial charge is 0.475 e. The molecule has 11 heteroatoms. The molecule has 0 radical (unpaired) electrons. The summed E-state index contributed by atoms with van der Waals surface area (Å²) in [5.74, 6) is -1.82. The molecule has 2 N–H and O–H groups in total. The second-order valence-electron chi connectivity index (χ2n) is 7.65. The molecule has 29 heavy (non-hydrogen) atoms. The maximum Gasteiger partial charge on any atom is 0.490 e. The first-order valence-corrected chi connectivity index (χ1v) is 10.4. The minimum Gasteiger partial charge on any atom is -0.475 e. The van der Waals surface area contributed by atoms with Crippen LogP contribution in [0.2, 0.25) is 0 Å². The molecule has 1 aromatic rings. The number of rotatable bonds is 5. The summed E-state index contributed by atoms with van der Waals surface area (Å²) in [5.41, 5.74) is -0.343. The monoisotopic (exact) mass is 435 g/mol. The Morgan fingerprint density at radius 3 is 2.69 bits per heavy atom. The zero-order valence-corrected chi connectivity index (χ0v) is 16.6. The van der Waals surface area contributed by atoms with Crippen molar-refractivity contribution in [3.05, 3.63) is 16.6 Å².